The van der Waals surface area contributed by atoms with Gasteiger partial charge in [-0.25, -0.2) is 4.79 Å². The number of halogens is 3. The average molecular weight is 499 g/mol. The Labute approximate surface area is 210 Å². The Kier molecular flexibility index (Phi) is 6.36. The summed E-state index contributed by atoms with van der Waals surface area (Å²) < 4.78 is 47.3. The first-order chi connectivity index (χ1) is 17.8. The number of ether oxygens (including phenoxy) is 1. The van der Waals surface area contributed by atoms with Crippen molar-refractivity contribution < 1.29 is 27.8 Å². The molecule has 7 heteroatoms. The molecule has 1 heterocycles. The number of pyridine rings is 1. The first-order valence-electron chi connectivity index (χ1n) is 11.4. The van der Waals surface area contributed by atoms with Crippen molar-refractivity contribution in [3.05, 3.63) is 126 Å². The highest BCUT2D eigenvalue weighted by atomic mass is 19.4. The van der Waals surface area contributed by atoms with Gasteiger partial charge in [0.15, 0.2) is 0 Å². The molecular weight excluding hydrogens is 479 g/mol. The number of carbonyl (C=O) groups is 1. The van der Waals surface area contributed by atoms with Gasteiger partial charge in [0.05, 0.1) is 16.6 Å². The fraction of sp³-hybridized carbons (Fsp3) is 0.0667. The molecule has 5 aromatic rings. The minimum Gasteiger partial charge on any atom is -0.478 e. The molecule has 0 saturated carbocycles. The molecule has 0 aliphatic rings. The molecule has 37 heavy (non-hydrogen) atoms. The maximum absolute atomic E-state index is 13.8. The largest absolute Gasteiger partial charge is 0.478 e. The molecule has 4 nitrogen and oxygen atoms in total. The summed E-state index contributed by atoms with van der Waals surface area (Å²) in [6.07, 6.45) is -2.57. The van der Waals surface area contributed by atoms with E-state index in [0.717, 1.165) is 17.2 Å². The van der Waals surface area contributed by atoms with Crippen LogP contribution in [0.1, 0.15) is 27.0 Å². The van der Waals surface area contributed by atoms with E-state index in [9.17, 15) is 23.1 Å². The highest BCUT2D eigenvalue weighted by molar-refractivity contribution is 5.98. The van der Waals surface area contributed by atoms with E-state index in [-0.39, 0.29) is 11.1 Å². The van der Waals surface area contributed by atoms with Gasteiger partial charge in [-0.2, -0.15) is 13.2 Å². The molecule has 0 saturated heterocycles. The lowest BCUT2D eigenvalue weighted by molar-refractivity contribution is -0.136. The first-order valence-corrected chi connectivity index (χ1v) is 11.4. The minimum atomic E-state index is -4.55. The van der Waals surface area contributed by atoms with E-state index < -0.39 is 17.7 Å². The van der Waals surface area contributed by atoms with E-state index in [1.54, 1.807) is 36.4 Å². The number of rotatable bonds is 6. The Bertz CT molecular complexity index is 1600. The molecule has 1 N–H and O–H groups in total. The van der Waals surface area contributed by atoms with Crippen molar-refractivity contribution in [2.24, 2.45) is 0 Å². The van der Waals surface area contributed by atoms with Crippen molar-refractivity contribution in [3.63, 3.8) is 0 Å². The molecule has 1 aromatic heterocycles. The molecule has 0 fully saturated rings. The van der Waals surface area contributed by atoms with Gasteiger partial charge in [-0.15, -0.1) is 0 Å². The van der Waals surface area contributed by atoms with E-state index in [1.807, 2.05) is 36.4 Å². The maximum Gasteiger partial charge on any atom is 0.418 e. The molecule has 0 spiro atoms. The summed E-state index contributed by atoms with van der Waals surface area (Å²) in [6.45, 7) is 0. The quantitative estimate of drug-likeness (QED) is 0.257. The lowest BCUT2D eigenvalue weighted by atomic mass is 9.92. The van der Waals surface area contributed by atoms with Crippen LogP contribution in [0.5, 0.6) is 11.5 Å². The van der Waals surface area contributed by atoms with Gasteiger partial charge in [-0.05, 0) is 65.1 Å². The fourth-order valence-electron chi connectivity index (χ4n) is 4.33. The summed E-state index contributed by atoms with van der Waals surface area (Å²) in [5.41, 5.74) is 2.21. The van der Waals surface area contributed by atoms with Gasteiger partial charge < -0.3 is 9.84 Å². The Morgan fingerprint density at radius 3 is 2.27 bits per heavy atom. The monoisotopic (exact) mass is 499 g/mol. The summed E-state index contributed by atoms with van der Waals surface area (Å²) >= 11 is 0. The first kappa shape index (κ1) is 24.1. The number of alkyl halides is 3. The standard InChI is InChI=1S/C30H20F3NO3/c31-30(32,33)26-14-6-13-25-27(22(18-34-28(25)26)15-19-7-2-1-3-8-19)20-9-4-11-23(16-20)37-24-12-5-10-21(17-24)29(35)36/h1-14,16-18H,15H2,(H,35,36). The number of fused-ring (bicyclic) bond motifs is 1. The molecule has 0 radical (unpaired) electrons. The number of carboxylic acid groups (broad SMARTS) is 1. The second-order valence-corrected chi connectivity index (χ2v) is 8.48. The predicted octanol–water partition coefficient (Wildman–Crippen LogP) is 8.00. The lowest BCUT2D eigenvalue weighted by Gasteiger charge is -2.17. The van der Waals surface area contributed by atoms with Gasteiger partial charge in [-0.3, -0.25) is 4.98 Å². The van der Waals surface area contributed by atoms with Crippen molar-refractivity contribution in [1.82, 2.24) is 4.98 Å². The third-order valence-electron chi connectivity index (χ3n) is 5.96. The topological polar surface area (TPSA) is 59.4 Å². The van der Waals surface area contributed by atoms with Crippen LogP contribution in [-0.4, -0.2) is 16.1 Å². The molecule has 0 atom stereocenters. The number of carboxylic acids is 1. The molecule has 184 valence electrons. The Morgan fingerprint density at radius 1 is 0.838 bits per heavy atom. The van der Waals surface area contributed by atoms with E-state index in [4.69, 9.17) is 4.74 Å². The van der Waals surface area contributed by atoms with Gasteiger partial charge in [0.1, 0.15) is 11.5 Å². The summed E-state index contributed by atoms with van der Waals surface area (Å²) in [6, 6.07) is 26.8. The lowest BCUT2D eigenvalue weighted by Crippen LogP contribution is -2.07. The summed E-state index contributed by atoms with van der Waals surface area (Å²) in [7, 11) is 0. The molecule has 5 rings (SSSR count). The van der Waals surface area contributed by atoms with Crippen LogP contribution in [0.15, 0.2) is 103 Å². The molecular formula is C30H20F3NO3. The van der Waals surface area contributed by atoms with Crippen LogP contribution in [0.4, 0.5) is 13.2 Å². The van der Waals surface area contributed by atoms with E-state index in [0.29, 0.717) is 34.4 Å². The third kappa shape index (κ3) is 5.16. The second kappa shape index (κ2) is 9.78. The van der Waals surface area contributed by atoms with Crippen molar-refractivity contribution in [1.29, 1.82) is 0 Å². The van der Waals surface area contributed by atoms with E-state index in [1.165, 1.54) is 24.4 Å². The number of benzene rings is 4. The van der Waals surface area contributed by atoms with Gasteiger partial charge >= 0.3 is 12.1 Å². The number of aromatic nitrogens is 1. The smallest absolute Gasteiger partial charge is 0.418 e. The van der Waals surface area contributed by atoms with Gasteiger partial charge in [-0.1, -0.05) is 60.7 Å². The highest BCUT2D eigenvalue weighted by Gasteiger charge is 2.33. The second-order valence-electron chi connectivity index (χ2n) is 8.48. The van der Waals surface area contributed by atoms with Crippen molar-refractivity contribution in [2.75, 3.05) is 0 Å². The van der Waals surface area contributed by atoms with Crippen molar-refractivity contribution in [3.8, 4) is 22.6 Å². The average Bonchev–Trinajstić information content (AvgIpc) is 2.88. The van der Waals surface area contributed by atoms with E-state index >= 15 is 0 Å². The number of hydrogen-bond acceptors (Lipinski definition) is 3. The normalized spacial score (nSPS) is 11.4. The zero-order valence-electron chi connectivity index (χ0n) is 19.4. The molecule has 0 bridgehead atoms. The van der Waals surface area contributed by atoms with Crippen molar-refractivity contribution >= 4 is 16.9 Å². The number of para-hydroxylation sites is 1. The Hall–Kier alpha value is -4.65. The summed E-state index contributed by atoms with van der Waals surface area (Å²) in [5.74, 6) is -0.323. The zero-order chi connectivity index (χ0) is 26.0. The van der Waals surface area contributed by atoms with Crippen LogP contribution in [0.25, 0.3) is 22.0 Å². The van der Waals surface area contributed by atoms with E-state index in [2.05, 4.69) is 4.98 Å². The van der Waals surface area contributed by atoms with Crippen LogP contribution in [0.3, 0.4) is 0 Å². The molecule has 4 aromatic carbocycles. The maximum atomic E-state index is 13.8. The molecule has 0 amide bonds. The third-order valence-corrected chi connectivity index (χ3v) is 5.96. The SMILES string of the molecule is O=C(O)c1cccc(Oc2cccc(-c3c(Cc4ccccc4)cnc4c(C(F)(F)F)cccc34)c2)c1. The molecule has 0 aliphatic carbocycles. The fourth-order valence-corrected chi connectivity index (χ4v) is 4.33. The van der Waals surface area contributed by atoms with Crippen LogP contribution < -0.4 is 4.74 Å². The highest BCUT2D eigenvalue weighted by Crippen LogP contribution is 2.40. The van der Waals surface area contributed by atoms with Crippen LogP contribution >= 0.6 is 0 Å². The molecule has 0 unspecified atom stereocenters. The Balaban J connectivity index is 1.65. The summed E-state index contributed by atoms with van der Waals surface area (Å²) in [5, 5.41) is 9.64. The zero-order valence-corrected chi connectivity index (χ0v) is 19.4. The number of aromatic carboxylic acids is 1. The van der Waals surface area contributed by atoms with Crippen molar-refractivity contribution in [2.45, 2.75) is 12.6 Å². The number of nitrogens with zero attached hydrogens (tertiary/aromatic N) is 1. The predicted molar refractivity (Wildman–Crippen MR) is 135 cm³/mol. The van der Waals surface area contributed by atoms with Gasteiger partial charge in [0.2, 0.25) is 0 Å². The minimum absolute atomic E-state index is 0.0820. The van der Waals surface area contributed by atoms with Crippen LogP contribution in [0.2, 0.25) is 0 Å². The van der Waals surface area contributed by atoms with Gasteiger partial charge in [0.25, 0.3) is 0 Å². The van der Waals surface area contributed by atoms with Gasteiger partial charge in [0, 0.05) is 11.6 Å². The Morgan fingerprint density at radius 2 is 1.54 bits per heavy atom. The van der Waals surface area contributed by atoms with Crippen LogP contribution in [-0.2, 0) is 12.6 Å². The van der Waals surface area contributed by atoms with Crippen LogP contribution in [0, 0.1) is 0 Å². The number of hydrogen-bond donors (Lipinski definition) is 1. The molecule has 0 aliphatic heterocycles. The summed E-state index contributed by atoms with van der Waals surface area (Å²) in [4.78, 5) is 15.6.